The molecule has 5 heteroatoms. The second kappa shape index (κ2) is 5.10. The summed E-state index contributed by atoms with van der Waals surface area (Å²) in [5.74, 6) is 2.84. The lowest BCUT2D eigenvalue weighted by Gasteiger charge is -2.37. The number of hydrogen-bond donors (Lipinski definition) is 1. The molecule has 18 heavy (non-hydrogen) atoms. The van der Waals surface area contributed by atoms with Crippen molar-refractivity contribution in [2.45, 2.75) is 33.3 Å². The van der Waals surface area contributed by atoms with Crippen molar-refractivity contribution in [1.29, 1.82) is 0 Å². The van der Waals surface area contributed by atoms with Gasteiger partial charge in [-0.2, -0.15) is 0 Å². The normalized spacial score (nSPS) is 24.3. The van der Waals surface area contributed by atoms with Gasteiger partial charge in [-0.25, -0.2) is 9.97 Å². The number of piperidine rings is 1. The van der Waals surface area contributed by atoms with Crippen molar-refractivity contribution in [3.63, 3.8) is 0 Å². The number of nitrogens with two attached hydrogens (primary N) is 1. The van der Waals surface area contributed by atoms with Crippen molar-refractivity contribution in [1.82, 2.24) is 9.97 Å². The SMILES string of the molecule is COC1CN(c2nc(C)nc(N)c2C)CCC1C. The number of ether oxygens (including phenoxy) is 1. The monoisotopic (exact) mass is 250 g/mol. The van der Waals surface area contributed by atoms with E-state index in [-0.39, 0.29) is 6.10 Å². The van der Waals surface area contributed by atoms with Crippen LogP contribution in [0.25, 0.3) is 0 Å². The first kappa shape index (κ1) is 13.1. The van der Waals surface area contributed by atoms with Gasteiger partial charge in [-0.3, -0.25) is 0 Å². The quantitative estimate of drug-likeness (QED) is 0.862. The van der Waals surface area contributed by atoms with E-state index in [2.05, 4.69) is 21.8 Å². The van der Waals surface area contributed by atoms with Crippen LogP contribution in [0.3, 0.4) is 0 Å². The second-order valence-electron chi connectivity index (χ2n) is 5.09. The van der Waals surface area contributed by atoms with E-state index in [1.54, 1.807) is 7.11 Å². The predicted molar refractivity (Wildman–Crippen MR) is 72.7 cm³/mol. The topological polar surface area (TPSA) is 64.3 Å². The van der Waals surface area contributed by atoms with Gasteiger partial charge in [0.2, 0.25) is 0 Å². The molecule has 0 bridgehead atoms. The molecule has 2 heterocycles. The number of aryl methyl sites for hydroxylation is 1. The Labute approximate surface area is 108 Å². The zero-order chi connectivity index (χ0) is 13.3. The van der Waals surface area contributed by atoms with Crippen LogP contribution in [0.2, 0.25) is 0 Å². The van der Waals surface area contributed by atoms with E-state index in [9.17, 15) is 0 Å². The summed E-state index contributed by atoms with van der Waals surface area (Å²) in [6.45, 7) is 7.95. The van der Waals surface area contributed by atoms with Crippen molar-refractivity contribution in [3.8, 4) is 0 Å². The summed E-state index contributed by atoms with van der Waals surface area (Å²) < 4.78 is 5.54. The molecule has 2 unspecified atom stereocenters. The van der Waals surface area contributed by atoms with Gasteiger partial charge in [0, 0.05) is 25.8 Å². The van der Waals surface area contributed by atoms with Crippen LogP contribution >= 0.6 is 0 Å². The standard InChI is InChI=1S/C13H22N4O/c1-8-5-6-17(7-11(8)18-4)13-9(2)12(14)15-10(3)16-13/h8,11H,5-7H2,1-4H3,(H2,14,15,16). The number of methoxy groups -OCH3 is 1. The van der Waals surface area contributed by atoms with Crippen LogP contribution in [0, 0.1) is 19.8 Å². The Kier molecular flexibility index (Phi) is 3.71. The molecule has 0 aromatic carbocycles. The van der Waals surface area contributed by atoms with E-state index < -0.39 is 0 Å². The smallest absolute Gasteiger partial charge is 0.137 e. The Morgan fingerprint density at radius 1 is 1.33 bits per heavy atom. The number of aromatic nitrogens is 2. The molecule has 0 amide bonds. The zero-order valence-corrected chi connectivity index (χ0v) is 11.6. The van der Waals surface area contributed by atoms with Gasteiger partial charge < -0.3 is 15.4 Å². The molecule has 100 valence electrons. The molecule has 0 spiro atoms. The van der Waals surface area contributed by atoms with Crippen molar-refractivity contribution in [2.24, 2.45) is 5.92 Å². The first-order chi connectivity index (χ1) is 8.52. The van der Waals surface area contributed by atoms with Gasteiger partial charge in [-0.05, 0) is 26.2 Å². The lowest BCUT2D eigenvalue weighted by atomic mass is 9.95. The maximum atomic E-state index is 5.91. The van der Waals surface area contributed by atoms with Crippen LogP contribution in [-0.4, -0.2) is 36.3 Å². The van der Waals surface area contributed by atoms with Gasteiger partial charge >= 0.3 is 0 Å². The van der Waals surface area contributed by atoms with Crippen molar-refractivity contribution in [3.05, 3.63) is 11.4 Å². The third-order valence-electron chi connectivity index (χ3n) is 3.76. The minimum Gasteiger partial charge on any atom is -0.383 e. The highest BCUT2D eigenvalue weighted by molar-refractivity contribution is 5.56. The van der Waals surface area contributed by atoms with Crippen molar-refractivity contribution < 1.29 is 4.74 Å². The average molecular weight is 250 g/mol. The fourth-order valence-electron chi connectivity index (χ4n) is 2.48. The molecule has 0 saturated carbocycles. The summed E-state index contributed by atoms with van der Waals surface area (Å²) in [5.41, 5.74) is 6.88. The fraction of sp³-hybridized carbons (Fsp3) is 0.692. The molecule has 1 aromatic heterocycles. The maximum absolute atomic E-state index is 5.91. The molecule has 1 fully saturated rings. The number of anilines is 2. The third-order valence-corrected chi connectivity index (χ3v) is 3.76. The van der Waals surface area contributed by atoms with Crippen LogP contribution in [0.1, 0.15) is 24.7 Å². The predicted octanol–water partition coefficient (Wildman–Crippen LogP) is 1.54. The number of rotatable bonds is 2. The summed E-state index contributed by atoms with van der Waals surface area (Å²) in [6.07, 6.45) is 1.37. The molecular formula is C13H22N4O. The van der Waals surface area contributed by atoms with E-state index in [1.165, 1.54) is 0 Å². The van der Waals surface area contributed by atoms with E-state index in [0.29, 0.717) is 11.7 Å². The highest BCUT2D eigenvalue weighted by Gasteiger charge is 2.28. The van der Waals surface area contributed by atoms with Gasteiger partial charge in [0.05, 0.1) is 6.10 Å². The first-order valence-corrected chi connectivity index (χ1v) is 6.41. The highest BCUT2D eigenvalue weighted by atomic mass is 16.5. The van der Waals surface area contributed by atoms with E-state index in [0.717, 1.165) is 36.7 Å². The Bertz CT molecular complexity index is 435. The Balaban J connectivity index is 2.27. The Morgan fingerprint density at radius 2 is 2.06 bits per heavy atom. The van der Waals surface area contributed by atoms with Gasteiger partial charge in [0.15, 0.2) is 0 Å². The van der Waals surface area contributed by atoms with Gasteiger partial charge in [0.25, 0.3) is 0 Å². The van der Waals surface area contributed by atoms with Crippen LogP contribution in [0.5, 0.6) is 0 Å². The largest absolute Gasteiger partial charge is 0.383 e. The van der Waals surface area contributed by atoms with Crippen LogP contribution < -0.4 is 10.6 Å². The van der Waals surface area contributed by atoms with Gasteiger partial charge in [-0.1, -0.05) is 6.92 Å². The molecule has 2 N–H and O–H groups in total. The van der Waals surface area contributed by atoms with Crippen LogP contribution in [0.4, 0.5) is 11.6 Å². The number of nitrogens with zero attached hydrogens (tertiary/aromatic N) is 3. The lowest BCUT2D eigenvalue weighted by molar-refractivity contribution is 0.0496. The summed E-state index contributed by atoms with van der Waals surface area (Å²) >= 11 is 0. The molecule has 2 atom stereocenters. The second-order valence-corrected chi connectivity index (χ2v) is 5.09. The van der Waals surface area contributed by atoms with E-state index in [1.807, 2.05) is 13.8 Å². The number of hydrogen-bond acceptors (Lipinski definition) is 5. The summed E-state index contributed by atoms with van der Waals surface area (Å²) in [4.78, 5) is 11.0. The summed E-state index contributed by atoms with van der Waals surface area (Å²) in [6, 6.07) is 0. The Hall–Kier alpha value is -1.36. The molecule has 1 aromatic rings. The molecule has 0 aliphatic carbocycles. The molecule has 2 rings (SSSR count). The Morgan fingerprint density at radius 3 is 2.72 bits per heavy atom. The molecule has 1 aliphatic heterocycles. The third kappa shape index (κ3) is 2.41. The molecule has 0 radical (unpaired) electrons. The van der Waals surface area contributed by atoms with Crippen molar-refractivity contribution in [2.75, 3.05) is 30.8 Å². The highest BCUT2D eigenvalue weighted by Crippen LogP contribution is 2.27. The molecule has 5 nitrogen and oxygen atoms in total. The summed E-state index contributed by atoms with van der Waals surface area (Å²) in [7, 11) is 1.77. The fourth-order valence-corrected chi connectivity index (χ4v) is 2.48. The zero-order valence-electron chi connectivity index (χ0n) is 11.6. The molecule has 1 aliphatic rings. The number of nitrogen functional groups attached to an aromatic ring is 1. The van der Waals surface area contributed by atoms with Gasteiger partial charge in [-0.15, -0.1) is 0 Å². The van der Waals surface area contributed by atoms with E-state index >= 15 is 0 Å². The first-order valence-electron chi connectivity index (χ1n) is 6.41. The lowest BCUT2D eigenvalue weighted by Crippen LogP contribution is -2.44. The molecular weight excluding hydrogens is 228 g/mol. The van der Waals surface area contributed by atoms with Crippen molar-refractivity contribution >= 4 is 11.6 Å². The minimum atomic E-state index is 0.259. The molecule has 1 saturated heterocycles. The summed E-state index contributed by atoms with van der Waals surface area (Å²) in [5, 5.41) is 0. The van der Waals surface area contributed by atoms with E-state index in [4.69, 9.17) is 10.5 Å². The maximum Gasteiger partial charge on any atom is 0.137 e. The minimum absolute atomic E-state index is 0.259. The van der Waals surface area contributed by atoms with Crippen LogP contribution in [-0.2, 0) is 4.74 Å². The van der Waals surface area contributed by atoms with Gasteiger partial charge in [0.1, 0.15) is 17.5 Å². The van der Waals surface area contributed by atoms with Crippen LogP contribution in [0.15, 0.2) is 0 Å². The average Bonchev–Trinajstić information content (AvgIpc) is 2.34.